The lowest BCUT2D eigenvalue weighted by Gasteiger charge is -2.22. The number of unbranched alkanes of at least 4 members (excludes halogenated alkanes) is 1. The summed E-state index contributed by atoms with van der Waals surface area (Å²) in [6, 6.07) is 11.1. The van der Waals surface area contributed by atoms with E-state index in [1.54, 1.807) is 12.3 Å². The van der Waals surface area contributed by atoms with Crippen LogP contribution in [0.15, 0.2) is 47.1 Å². The van der Waals surface area contributed by atoms with Crippen LogP contribution in [-0.2, 0) is 0 Å². The minimum Gasteiger partial charge on any atom is -0.493 e. The van der Waals surface area contributed by atoms with Gasteiger partial charge in [0.1, 0.15) is 11.5 Å². The summed E-state index contributed by atoms with van der Waals surface area (Å²) in [5.74, 6) is 1.32. The number of benzene rings is 1. The quantitative estimate of drug-likeness (QED) is 0.715. The van der Waals surface area contributed by atoms with Crippen molar-refractivity contribution in [3.05, 3.63) is 54.0 Å². The molecule has 0 aliphatic rings. The first-order chi connectivity index (χ1) is 11.6. The second-order valence-corrected chi connectivity index (χ2v) is 5.90. The molecule has 1 unspecified atom stereocenters. The van der Waals surface area contributed by atoms with E-state index in [-0.39, 0.29) is 11.9 Å². The highest BCUT2D eigenvalue weighted by Gasteiger charge is 2.19. The van der Waals surface area contributed by atoms with Gasteiger partial charge in [-0.25, -0.2) is 0 Å². The van der Waals surface area contributed by atoms with Crippen LogP contribution in [0.2, 0.25) is 0 Å². The van der Waals surface area contributed by atoms with Gasteiger partial charge in [-0.1, -0.05) is 25.5 Å². The molecule has 1 aromatic carbocycles. The van der Waals surface area contributed by atoms with Crippen molar-refractivity contribution in [1.82, 2.24) is 10.2 Å². The molecule has 130 valence electrons. The van der Waals surface area contributed by atoms with E-state index < -0.39 is 0 Å². The van der Waals surface area contributed by atoms with Crippen LogP contribution >= 0.6 is 0 Å². The molecule has 0 saturated carbocycles. The minimum absolute atomic E-state index is 0.0166. The van der Waals surface area contributed by atoms with Crippen LogP contribution in [0.25, 0.3) is 0 Å². The molecule has 0 spiro atoms. The predicted octanol–water partition coefficient (Wildman–Crippen LogP) is 3.49. The molecule has 1 aromatic heterocycles. The Morgan fingerprint density at radius 1 is 1.25 bits per heavy atom. The van der Waals surface area contributed by atoms with Gasteiger partial charge in [0.25, 0.3) is 5.91 Å². The molecule has 0 aliphatic carbocycles. The van der Waals surface area contributed by atoms with E-state index in [0.717, 1.165) is 18.6 Å². The Kier molecular flexibility index (Phi) is 6.88. The topological polar surface area (TPSA) is 54.7 Å². The maximum absolute atomic E-state index is 12.6. The fourth-order valence-corrected chi connectivity index (χ4v) is 2.41. The highest BCUT2D eigenvalue weighted by molar-refractivity contribution is 5.96. The van der Waals surface area contributed by atoms with Crippen LogP contribution in [-0.4, -0.2) is 38.1 Å². The van der Waals surface area contributed by atoms with E-state index in [2.05, 4.69) is 12.2 Å². The Morgan fingerprint density at radius 3 is 2.71 bits per heavy atom. The third-order valence-electron chi connectivity index (χ3n) is 3.84. The summed E-state index contributed by atoms with van der Waals surface area (Å²) >= 11 is 0. The summed E-state index contributed by atoms with van der Waals surface area (Å²) < 4.78 is 11.2. The number of rotatable bonds is 9. The van der Waals surface area contributed by atoms with E-state index >= 15 is 0 Å². The Bertz CT molecular complexity index is 623. The third kappa shape index (κ3) is 4.86. The van der Waals surface area contributed by atoms with Gasteiger partial charge in [-0.3, -0.25) is 9.69 Å². The Hall–Kier alpha value is -2.27. The van der Waals surface area contributed by atoms with Gasteiger partial charge in [0, 0.05) is 6.54 Å². The first kappa shape index (κ1) is 18.1. The smallest absolute Gasteiger partial charge is 0.255 e. The normalized spacial score (nSPS) is 12.2. The number of nitrogens with one attached hydrogen (secondary N) is 1. The molecule has 5 heteroatoms. The van der Waals surface area contributed by atoms with Crippen LogP contribution in [0.5, 0.6) is 5.75 Å². The van der Waals surface area contributed by atoms with Gasteiger partial charge in [0.2, 0.25) is 0 Å². The zero-order valence-corrected chi connectivity index (χ0v) is 14.6. The van der Waals surface area contributed by atoms with Gasteiger partial charge in [-0.05, 0) is 44.8 Å². The maximum Gasteiger partial charge on any atom is 0.255 e. The number of hydrogen-bond donors (Lipinski definition) is 1. The Balaban J connectivity index is 2.01. The van der Waals surface area contributed by atoms with Crippen LogP contribution in [0.3, 0.4) is 0 Å². The van der Waals surface area contributed by atoms with Crippen LogP contribution in [0, 0.1) is 0 Å². The molecule has 0 bridgehead atoms. The second-order valence-electron chi connectivity index (χ2n) is 5.90. The van der Waals surface area contributed by atoms with Crippen molar-refractivity contribution in [2.24, 2.45) is 0 Å². The highest BCUT2D eigenvalue weighted by atomic mass is 16.5. The zero-order valence-electron chi connectivity index (χ0n) is 14.6. The standard InChI is InChI=1S/C19H26N2O3/c1-4-5-12-23-17-10-7-6-9-15(17)19(22)20-14-16(21(2)3)18-11-8-13-24-18/h6-11,13,16H,4-5,12,14H2,1-3H3,(H,20,22). The van der Waals surface area contributed by atoms with E-state index in [0.29, 0.717) is 24.5 Å². The molecule has 0 radical (unpaired) electrons. The molecule has 1 heterocycles. The number of likely N-dealkylation sites (N-methyl/N-ethyl adjacent to an activating group) is 1. The van der Waals surface area contributed by atoms with Crippen LogP contribution < -0.4 is 10.1 Å². The zero-order chi connectivity index (χ0) is 17.4. The van der Waals surface area contributed by atoms with Gasteiger partial charge in [-0.2, -0.15) is 0 Å². The monoisotopic (exact) mass is 330 g/mol. The van der Waals surface area contributed by atoms with Gasteiger partial charge in [-0.15, -0.1) is 0 Å². The number of nitrogens with zero attached hydrogens (tertiary/aromatic N) is 1. The summed E-state index contributed by atoms with van der Waals surface area (Å²) in [6.07, 6.45) is 3.67. The van der Waals surface area contributed by atoms with E-state index in [1.807, 2.05) is 49.3 Å². The molecule has 5 nitrogen and oxygen atoms in total. The van der Waals surface area contributed by atoms with Crippen molar-refractivity contribution in [2.75, 3.05) is 27.2 Å². The number of ether oxygens (including phenoxy) is 1. The second kappa shape index (κ2) is 9.13. The number of amides is 1. The SMILES string of the molecule is CCCCOc1ccccc1C(=O)NCC(c1ccco1)N(C)C. The fourth-order valence-electron chi connectivity index (χ4n) is 2.41. The minimum atomic E-state index is -0.138. The summed E-state index contributed by atoms with van der Waals surface area (Å²) in [6.45, 7) is 3.19. The molecule has 0 aliphatic heterocycles. The molecule has 0 saturated heterocycles. The first-order valence-corrected chi connectivity index (χ1v) is 8.33. The van der Waals surface area contributed by atoms with E-state index in [9.17, 15) is 4.79 Å². The summed E-state index contributed by atoms with van der Waals surface area (Å²) in [4.78, 5) is 14.6. The summed E-state index contributed by atoms with van der Waals surface area (Å²) in [5.41, 5.74) is 0.561. The number of carbonyl (C=O) groups excluding carboxylic acids is 1. The number of hydrogen-bond acceptors (Lipinski definition) is 4. The van der Waals surface area contributed by atoms with Crippen molar-refractivity contribution in [3.8, 4) is 5.75 Å². The van der Waals surface area contributed by atoms with Gasteiger partial charge in [0.05, 0.1) is 24.5 Å². The predicted molar refractivity (Wildman–Crippen MR) is 94.3 cm³/mol. The highest BCUT2D eigenvalue weighted by Crippen LogP contribution is 2.20. The summed E-state index contributed by atoms with van der Waals surface area (Å²) in [5, 5.41) is 2.98. The number of para-hydroxylation sites is 1. The van der Waals surface area contributed by atoms with Crippen LogP contribution in [0.1, 0.15) is 41.9 Å². The Morgan fingerprint density at radius 2 is 2.04 bits per heavy atom. The lowest BCUT2D eigenvalue weighted by atomic mass is 10.1. The van der Waals surface area contributed by atoms with Crippen molar-refractivity contribution in [2.45, 2.75) is 25.8 Å². The molecule has 0 fully saturated rings. The summed E-state index contributed by atoms with van der Waals surface area (Å²) in [7, 11) is 3.92. The van der Waals surface area contributed by atoms with E-state index in [1.165, 1.54) is 0 Å². The molecular formula is C19H26N2O3. The van der Waals surface area contributed by atoms with Crippen molar-refractivity contribution in [1.29, 1.82) is 0 Å². The van der Waals surface area contributed by atoms with Gasteiger partial charge < -0.3 is 14.5 Å². The molecule has 2 aromatic rings. The fraction of sp³-hybridized carbons (Fsp3) is 0.421. The molecule has 2 rings (SSSR count). The molecular weight excluding hydrogens is 304 g/mol. The van der Waals surface area contributed by atoms with Crippen molar-refractivity contribution >= 4 is 5.91 Å². The van der Waals surface area contributed by atoms with Gasteiger partial charge >= 0.3 is 0 Å². The van der Waals surface area contributed by atoms with Crippen molar-refractivity contribution in [3.63, 3.8) is 0 Å². The van der Waals surface area contributed by atoms with Crippen LogP contribution in [0.4, 0.5) is 0 Å². The average molecular weight is 330 g/mol. The largest absolute Gasteiger partial charge is 0.493 e. The lowest BCUT2D eigenvalue weighted by molar-refractivity contribution is 0.0935. The third-order valence-corrected chi connectivity index (χ3v) is 3.84. The maximum atomic E-state index is 12.6. The molecule has 1 atom stereocenters. The molecule has 24 heavy (non-hydrogen) atoms. The molecule has 1 amide bonds. The Labute approximate surface area is 143 Å². The van der Waals surface area contributed by atoms with Gasteiger partial charge in [0.15, 0.2) is 0 Å². The number of carbonyl (C=O) groups is 1. The first-order valence-electron chi connectivity index (χ1n) is 8.33. The average Bonchev–Trinajstić information content (AvgIpc) is 3.09. The number of furan rings is 1. The van der Waals surface area contributed by atoms with Crippen molar-refractivity contribution < 1.29 is 13.9 Å². The molecule has 1 N–H and O–H groups in total. The van der Waals surface area contributed by atoms with E-state index in [4.69, 9.17) is 9.15 Å². The lowest BCUT2D eigenvalue weighted by Crippen LogP contribution is -2.34.